The van der Waals surface area contributed by atoms with Crippen LogP contribution >= 0.6 is 0 Å². The molecule has 7 nitrogen and oxygen atoms in total. The Labute approximate surface area is 127 Å². The van der Waals surface area contributed by atoms with Crippen LogP contribution in [-0.2, 0) is 6.54 Å². The molecule has 1 aromatic carbocycles. The first-order valence-electron chi connectivity index (χ1n) is 6.86. The number of hydrogen-bond acceptors (Lipinski definition) is 6. The van der Waals surface area contributed by atoms with Gasteiger partial charge in [0.1, 0.15) is 17.1 Å². The van der Waals surface area contributed by atoms with Gasteiger partial charge in [0.15, 0.2) is 5.82 Å². The topological polar surface area (TPSA) is 80.1 Å². The minimum absolute atomic E-state index is 0.586. The number of hydrogen-bond donors (Lipinski definition) is 1. The highest BCUT2D eigenvalue weighted by Crippen LogP contribution is 2.24. The first-order valence-corrected chi connectivity index (χ1v) is 6.86. The van der Waals surface area contributed by atoms with Crippen LogP contribution in [0.25, 0.3) is 11.3 Å². The van der Waals surface area contributed by atoms with Crippen LogP contribution in [0.5, 0.6) is 5.75 Å². The third kappa shape index (κ3) is 2.78. The Hall–Kier alpha value is -2.83. The molecule has 22 heavy (non-hydrogen) atoms. The fourth-order valence-electron chi connectivity index (χ4n) is 2.12. The molecule has 0 radical (unpaired) electrons. The molecule has 114 valence electrons. The number of aryl methyl sites for hydroxylation is 1. The molecule has 0 fully saturated rings. The van der Waals surface area contributed by atoms with Crippen molar-refractivity contribution >= 4 is 5.82 Å². The minimum atomic E-state index is 0.586. The summed E-state index contributed by atoms with van der Waals surface area (Å²) in [6.45, 7) is 2.45. The second kappa shape index (κ2) is 5.88. The van der Waals surface area contributed by atoms with Crippen molar-refractivity contribution in [3.63, 3.8) is 0 Å². The molecule has 0 bridgehead atoms. The third-order valence-corrected chi connectivity index (χ3v) is 3.49. The maximum atomic E-state index is 5.16. The van der Waals surface area contributed by atoms with Crippen LogP contribution in [0.1, 0.15) is 11.4 Å². The highest BCUT2D eigenvalue weighted by Gasteiger charge is 2.12. The van der Waals surface area contributed by atoms with Crippen LogP contribution in [0.2, 0.25) is 0 Å². The first-order chi connectivity index (χ1) is 10.7. The maximum absolute atomic E-state index is 5.16. The van der Waals surface area contributed by atoms with Gasteiger partial charge in [0.05, 0.1) is 19.3 Å². The number of H-pyrrole nitrogens is 1. The van der Waals surface area contributed by atoms with Crippen molar-refractivity contribution in [2.75, 3.05) is 19.1 Å². The number of ether oxygens (including phenoxy) is 1. The van der Waals surface area contributed by atoms with E-state index in [4.69, 9.17) is 9.37 Å². The lowest BCUT2D eigenvalue weighted by atomic mass is 10.1. The molecule has 0 aliphatic heterocycles. The summed E-state index contributed by atoms with van der Waals surface area (Å²) in [4.78, 5) is 1.98. The molecule has 2 heterocycles. The number of rotatable bonds is 5. The van der Waals surface area contributed by atoms with Gasteiger partial charge in [0.2, 0.25) is 0 Å². The van der Waals surface area contributed by atoms with Crippen molar-refractivity contribution in [1.29, 1.82) is 0 Å². The van der Waals surface area contributed by atoms with Crippen LogP contribution in [0.15, 0.2) is 35.0 Å². The lowest BCUT2D eigenvalue weighted by molar-refractivity contribution is 0.301. The van der Waals surface area contributed by atoms with E-state index in [2.05, 4.69) is 20.5 Å². The van der Waals surface area contributed by atoms with Crippen LogP contribution < -0.4 is 9.64 Å². The van der Waals surface area contributed by atoms with Gasteiger partial charge in [-0.3, -0.25) is 5.10 Å². The second-order valence-electron chi connectivity index (χ2n) is 5.02. The zero-order valence-electron chi connectivity index (χ0n) is 12.7. The van der Waals surface area contributed by atoms with E-state index >= 15 is 0 Å². The Morgan fingerprint density at radius 3 is 2.64 bits per heavy atom. The molecule has 2 aromatic heterocycles. The van der Waals surface area contributed by atoms with Crippen molar-refractivity contribution in [3.05, 3.63) is 41.7 Å². The number of benzene rings is 1. The fraction of sp³-hybridized carbons (Fsp3) is 0.267. The normalized spacial score (nSPS) is 10.7. The summed E-state index contributed by atoms with van der Waals surface area (Å²) in [5.74, 6) is 1.66. The number of methoxy groups -OCH3 is 1. The van der Waals surface area contributed by atoms with Crippen molar-refractivity contribution in [2.45, 2.75) is 13.5 Å². The van der Waals surface area contributed by atoms with Crippen molar-refractivity contribution in [1.82, 2.24) is 20.5 Å². The second-order valence-corrected chi connectivity index (χ2v) is 5.02. The smallest absolute Gasteiger partial charge is 0.151 e. The van der Waals surface area contributed by atoms with E-state index in [9.17, 15) is 0 Å². The van der Waals surface area contributed by atoms with E-state index in [1.165, 1.54) is 0 Å². The van der Waals surface area contributed by atoms with Gasteiger partial charge in [-0.15, -0.1) is 0 Å². The average molecular weight is 299 g/mol. The molecule has 0 aliphatic rings. The zero-order chi connectivity index (χ0) is 15.5. The summed E-state index contributed by atoms with van der Waals surface area (Å²) in [7, 11) is 3.60. The molecule has 0 saturated heterocycles. The van der Waals surface area contributed by atoms with Gasteiger partial charge < -0.3 is 9.64 Å². The number of anilines is 1. The van der Waals surface area contributed by atoms with Crippen LogP contribution in [0.3, 0.4) is 0 Å². The lowest BCUT2D eigenvalue weighted by Crippen LogP contribution is -2.17. The predicted octanol–water partition coefficient (Wildman–Crippen LogP) is 2.41. The van der Waals surface area contributed by atoms with Crippen LogP contribution in [0.4, 0.5) is 5.82 Å². The molecule has 0 aliphatic carbocycles. The molecule has 0 atom stereocenters. The lowest BCUT2D eigenvalue weighted by Gasteiger charge is -2.13. The molecule has 0 amide bonds. The van der Waals surface area contributed by atoms with E-state index in [1.807, 2.05) is 49.2 Å². The quantitative estimate of drug-likeness (QED) is 0.779. The minimum Gasteiger partial charge on any atom is -0.497 e. The Balaban J connectivity index is 1.76. The van der Waals surface area contributed by atoms with E-state index in [0.717, 1.165) is 34.2 Å². The largest absolute Gasteiger partial charge is 0.497 e. The molecule has 3 rings (SSSR count). The molecule has 0 saturated carbocycles. The highest BCUT2D eigenvalue weighted by molar-refractivity contribution is 5.63. The Morgan fingerprint density at radius 2 is 2.00 bits per heavy atom. The van der Waals surface area contributed by atoms with Gasteiger partial charge in [0.25, 0.3) is 0 Å². The highest BCUT2D eigenvalue weighted by atomic mass is 16.6. The first kappa shape index (κ1) is 14.1. The number of aromatic nitrogens is 4. The average Bonchev–Trinajstić information content (AvgIpc) is 3.17. The van der Waals surface area contributed by atoms with Crippen LogP contribution in [0, 0.1) is 6.92 Å². The fourth-order valence-corrected chi connectivity index (χ4v) is 2.12. The van der Waals surface area contributed by atoms with E-state index in [-0.39, 0.29) is 0 Å². The Bertz CT molecular complexity index is 747. The summed E-state index contributed by atoms with van der Waals surface area (Å²) >= 11 is 0. The summed E-state index contributed by atoms with van der Waals surface area (Å²) < 4.78 is 9.87. The SMILES string of the molecule is COc1ccc(-c2cc(N(C)Cc3nonc3C)n[nH]2)cc1. The molecule has 1 N–H and O–H groups in total. The molecular weight excluding hydrogens is 282 g/mol. The van der Waals surface area contributed by atoms with Gasteiger partial charge in [-0.2, -0.15) is 5.10 Å². The van der Waals surface area contributed by atoms with E-state index in [1.54, 1.807) is 7.11 Å². The molecule has 3 aromatic rings. The summed E-state index contributed by atoms with van der Waals surface area (Å²) in [6.07, 6.45) is 0. The number of nitrogens with one attached hydrogen (secondary N) is 1. The van der Waals surface area contributed by atoms with Crippen molar-refractivity contribution < 1.29 is 9.37 Å². The standard InChI is InChI=1S/C15H17N5O2/c1-10-14(19-22-18-10)9-20(2)15-8-13(16-17-15)11-4-6-12(21-3)7-5-11/h4-8H,9H2,1-3H3,(H,16,17). The summed E-state index contributed by atoms with van der Waals surface area (Å²) in [5.41, 5.74) is 3.58. The van der Waals surface area contributed by atoms with Gasteiger partial charge in [-0.05, 0) is 36.8 Å². The molecule has 0 unspecified atom stereocenters. The molecular formula is C15H17N5O2. The maximum Gasteiger partial charge on any atom is 0.151 e. The predicted molar refractivity (Wildman–Crippen MR) is 81.7 cm³/mol. The van der Waals surface area contributed by atoms with Gasteiger partial charge in [0, 0.05) is 13.1 Å². The summed E-state index contributed by atoms with van der Waals surface area (Å²) in [5, 5.41) is 15.0. The van der Waals surface area contributed by atoms with Gasteiger partial charge >= 0.3 is 0 Å². The zero-order valence-corrected chi connectivity index (χ0v) is 12.7. The van der Waals surface area contributed by atoms with Gasteiger partial charge in [-0.25, -0.2) is 4.63 Å². The van der Waals surface area contributed by atoms with Crippen molar-refractivity contribution in [3.8, 4) is 17.0 Å². The monoisotopic (exact) mass is 299 g/mol. The summed E-state index contributed by atoms with van der Waals surface area (Å²) in [6, 6.07) is 9.81. The third-order valence-electron chi connectivity index (χ3n) is 3.49. The van der Waals surface area contributed by atoms with E-state index in [0.29, 0.717) is 6.54 Å². The van der Waals surface area contributed by atoms with Crippen LogP contribution in [-0.4, -0.2) is 34.7 Å². The molecule has 0 spiro atoms. The van der Waals surface area contributed by atoms with E-state index < -0.39 is 0 Å². The Kier molecular flexibility index (Phi) is 3.78. The van der Waals surface area contributed by atoms with Gasteiger partial charge in [-0.1, -0.05) is 10.3 Å². The number of nitrogens with zero attached hydrogens (tertiary/aromatic N) is 4. The Morgan fingerprint density at radius 1 is 1.23 bits per heavy atom. The molecule has 7 heteroatoms. The van der Waals surface area contributed by atoms with Crippen molar-refractivity contribution in [2.24, 2.45) is 0 Å². The number of aromatic amines is 1.